The van der Waals surface area contributed by atoms with E-state index in [1.54, 1.807) is 12.1 Å². The summed E-state index contributed by atoms with van der Waals surface area (Å²) < 4.78 is 0. The van der Waals surface area contributed by atoms with E-state index in [-0.39, 0.29) is 24.3 Å². The molecule has 0 atom stereocenters. The standard InChI is InChI=1S/C25H30N4O3/c1-17-4-7-20(24(31)28-21-10-11-21)14-22(17)26-16-23(30)27-15-18-5-8-19(9-6-18)25(32)29-12-2-3-13-29/h4-9,14,21,26H,2-3,10-13,15-16H2,1H3,(H,27,30)(H,28,31). The Morgan fingerprint density at radius 3 is 2.34 bits per heavy atom. The van der Waals surface area contributed by atoms with E-state index in [2.05, 4.69) is 16.0 Å². The maximum absolute atomic E-state index is 12.4. The van der Waals surface area contributed by atoms with Crippen LogP contribution in [0.15, 0.2) is 42.5 Å². The highest BCUT2D eigenvalue weighted by molar-refractivity contribution is 5.96. The monoisotopic (exact) mass is 434 g/mol. The molecule has 32 heavy (non-hydrogen) atoms. The van der Waals surface area contributed by atoms with Crippen LogP contribution in [0, 0.1) is 6.92 Å². The van der Waals surface area contributed by atoms with Gasteiger partial charge in [-0.05, 0) is 68.0 Å². The maximum Gasteiger partial charge on any atom is 0.253 e. The van der Waals surface area contributed by atoms with Crippen LogP contribution in [-0.4, -0.2) is 48.3 Å². The lowest BCUT2D eigenvalue weighted by Crippen LogP contribution is -2.30. The minimum atomic E-state index is -0.144. The molecule has 0 aromatic heterocycles. The number of hydrogen-bond donors (Lipinski definition) is 3. The first-order chi connectivity index (χ1) is 15.5. The largest absolute Gasteiger partial charge is 0.376 e. The number of amides is 3. The molecule has 7 nitrogen and oxygen atoms in total. The van der Waals surface area contributed by atoms with Crippen molar-refractivity contribution in [3.05, 3.63) is 64.7 Å². The fraction of sp³-hybridized carbons (Fsp3) is 0.400. The summed E-state index contributed by atoms with van der Waals surface area (Å²) in [5.74, 6) is -0.146. The van der Waals surface area contributed by atoms with Gasteiger partial charge in [-0.15, -0.1) is 0 Å². The highest BCUT2D eigenvalue weighted by Gasteiger charge is 2.24. The van der Waals surface area contributed by atoms with Crippen LogP contribution in [0.2, 0.25) is 0 Å². The van der Waals surface area contributed by atoms with Crippen LogP contribution < -0.4 is 16.0 Å². The molecule has 2 aromatic carbocycles. The Morgan fingerprint density at radius 2 is 1.66 bits per heavy atom. The normalized spacial score (nSPS) is 15.3. The molecule has 1 saturated heterocycles. The van der Waals surface area contributed by atoms with Gasteiger partial charge in [-0.3, -0.25) is 14.4 Å². The maximum atomic E-state index is 12.4. The summed E-state index contributed by atoms with van der Waals surface area (Å²) >= 11 is 0. The van der Waals surface area contributed by atoms with Crippen LogP contribution in [-0.2, 0) is 11.3 Å². The van der Waals surface area contributed by atoms with Crippen LogP contribution >= 0.6 is 0 Å². The Bertz CT molecular complexity index is 993. The van der Waals surface area contributed by atoms with Gasteiger partial charge in [0.2, 0.25) is 5.91 Å². The van der Waals surface area contributed by atoms with Crippen molar-refractivity contribution in [3.63, 3.8) is 0 Å². The summed E-state index contributed by atoms with van der Waals surface area (Å²) in [6, 6.07) is 13.2. The van der Waals surface area contributed by atoms with Gasteiger partial charge >= 0.3 is 0 Å². The number of nitrogens with one attached hydrogen (secondary N) is 3. The van der Waals surface area contributed by atoms with Crippen molar-refractivity contribution in [1.82, 2.24) is 15.5 Å². The number of carbonyl (C=O) groups excluding carboxylic acids is 3. The van der Waals surface area contributed by atoms with Crippen molar-refractivity contribution < 1.29 is 14.4 Å². The smallest absolute Gasteiger partial charge is 0.253 e. The van der Waals surface area contributed by atoms with Crippen molar-refractivity contribution in [2.75, 3.05) is 25.0 Å². The topological polar surface area (TPSA) is 90.5 Å². The van der Waals surface area contributed by atoms with Gasteiger partial charge in [0.15, 0.2) is 0 Å². The summed E-state index contributed by atoms with van der Waals surface area (Å²) in [6.07, 6.45) is 4.23. The summed E-state index contributed by atoms with van der Waals surface area (Å²) in [5.41, 5.74) is 3.96. The molecule has 0 unspecified atom stereocenters. The predicted molar refractivity (Wildman–Crippen MR) is 124 cm³/mol. The lowest BCUT2D eigenvalue weighted by atomic mass is 10.1. The number of rotatable bonds is 8. The van der Waals surface area contributed by atoms with E-state index in [1.807, 2.05) is 42.2 Å². The highest BCUT2D eigenvalue weighted by atomic mass is 16.2. The van der Waals surface area contributed by atoms with Gasteiger partial charge in [0.1, 0.15) is 0 Å². The molecule has 4 rings (SSSR count). The molecular weight excluding hydrogens is 404 g/mol. The number of hydrogen-bond acceptors (Lipinski definition) is 4. The van der Waals surface area contributed by atoms with Crippen LogP contribution in [0.25, 0.3) is 0 Å². The van der Waals surface area contributed by atoms with Gasteiger partial charge in [-0.25, -0.2) is 0 Å². The number of likely N-dealkylation sites (tertiary alicyclic amines) is 1. The minimum absolute atomic E-state index is 0.0747. The molecule has 1 aliphatic carbocycles. The van der Waals surface area contributed by atoms with E-state index in [0.717, 1.165) is 55.6 Å². The second-order valence-electron chi connectivity index (χ2n) is 8.60. The molecule has 0 bridgehead atoms. The van der Waals surface area contributed by atoms with Gasteiger partial charge in [0.25, 0.3) is 11.8 Å². The number of anilines is 1. The molecule has 1 saturated carbocycles. The Labute approximate surface area is 188 Å². The van der Waals surface area contributed by atoms with Gasteiger partial charge in [0, 0.05) is 42.5 Å². The Hall–Kier alpha value is -3.35. The van der Waals surface area contributed by atoms with Gasteiger partial charge in [-0.2, -0.15) is 0 Å². The SMILES string of the molecule is Cc1ccc(C(=O)NC2CC2)cc1NCC(=O)NCc1ccc(C(=O)N2CCCC2)cc1. The van der Waals surface area contributed by atoms with E-state index in [0.29, 0.717) is 23.7 Å². The molecular formula is C25H30N4O3. The van der Waals surface area contributed by atoms with Crippen molar-refractivity contribution in [3.8, 4) is 0 Å². The molecule has 2 aliphatic rings. The molecule has 0 spiro atoms. The van der Waals surface area contributed by atoms with E-state index < -0.39 is 0 Å². The van der Waals surface area contributed by atoms with E-state index in [9.17, 15) is 14.4 Å². The molecule has 3 N–H and O–H groups in total. The minimum Gasteiger partial charge on any atom is -0.376 e. The first-order valence-electron chi connectivity index (χ1n) is 11.3. The third-order valence-corrected chi connectivity index (χ3v) is 5.94. The van der Waals surface area contributed by atoms with E-state index in [1.165, 1.54) is 0 Å². The number of nitrogens with zero attached hydrogens (tertiary/aromatic N) is 1. The van der Waals surface area contributed by atoms with Crippen LogP contribution in [0.4, 0.5) is 5.69 Å². The quantitative estimate of drug-likeness (QED) is 0.596. The zero-order valence-corrected chi connectivity index (χ0v) is 18.4. The summed E-state index contributed by atoms with van der Waals surface area (Å²) in [4.78, 5) is 38.9. The number of carbonyl (C=O) groups is 3. The van der Waals surface area contributed by atoms with E-state index in [4.69, 9.17) is 0 Å². The fourth-order valence-corrected chi connectivity index (χ4v) is 3.76. The first kappa shape index (κ1) is 21.9. The average molecular weight is 435 g/mol. The predicted octanol–water partition coefficient (Wildman–Crippen LogP) is 2.85. The molecule has 0 radical (unpaired) electrons. The molecule has 168 valence electrons. The van der Waals surface area contributed by atoms with E-state index >= 15 is 0 Å². The summed E-state index contributed by atoms with van der Waals surface area (Å²) in [6.45, 7) is 4.10. The van der Waals surface area contributed by atoms with Gasteiger partial charge in [0.05, 0.1) is 6.54 Å². The molecule has 2 fully saturated rings. The Balaban J connectivity index is 1.25. The lowest BCUT2D eigenvalue weighted by Gasteiger charge is -2.15. The average Bonchev–Trinajstić information content (AvgIpc) is 3.44. The molecule has 1 heterocycles. The molecule has 1 aliphatic heterocycles. The highest BCUT2D eigenvalue weighted by Crippen LogP contribution is 2.21. The van der Waals surface area contributed by atoms with Crippen molar-refractivity contribution in [2.24, 2.45) is 0 Å². The van der Waals surface area contributed by atoms with Crippen LogP contribution in [0.3, 0.4) is 0 Å². The molecule has 3 amide bonds. The second-order valence-corrected chi connectivity index (χ2v) is 8.60. The third-order valence-electron chi connectivity index (χ3n) is 5.94. The summed E-state index contributed by atoms with van der Waals surface area (Å²) in [7, 11) is 0. The zero-order valence-electron chi connectivity index (χ0n) is 18.4. The molecule has 2 aromatic rings. The third kappa shape index (κ3) is 5.66. The van der Waals surface area contributed by atoms with Gasteiger partial charge in [-0.1, -0.05) is 18.2 Å². The Morgan fingerprint density at radius 1 is 0.969 bits per heavy atom. The van der Waals surface area contributed by atoms with Crippen molar-refractivity contribution in [2.45, 2.75) is 45.2 Å². The van der Waals surface area contributed by atoms with Crippen LogP contribution in [0.1, 0.15) is 57.5 Å². The number of aryl methyl sites for hydroxylation is 1. The zero-order chi connectivity index (χ0) is 22.5. The Kier molecular flexibility index (Phi) is 6.73. The fourth-order valence-electron chi connectivity index (χ4n) is 3.76. The second kappa shape index (κ2) is 9.85. The first-order valence-corrected chi connectivity index (χ1v) is 11.3. The van der Waals surface area contributed by atoms with Crippen molar-refractivity contribution >= 4 is 23.4 Å². The molecule has 7 heteroatoms. The summed E-state index contributed by atoms with van der Waals surface area (Å²) in [5, 5.41) is 8.99. The number of benzene rings is 2. The van der Waals surface area contributed by atoms with Crippen molar-refractivity contribution in [1.29, 1.82) is 0 Å². The van der Waals surface area contributed by atoms with Gasteiger partial charge < -0.3 is 20.9 Å². The van der Waals surface area contributed by atoms with Crippen LogP contribution in [0.5, 0.6) is 0 Å². The lowest BCUT2D eigenvalue weighted by molar-refractivity contribution is -0.119.